The lowest BCUT2D eigenvalue weighted by Gasteiger charge is -2.18. The summed E-state index contributed by atoms with van der Waals surface area (Å²) in [5.41, 5.74) is -1.88. The summed E-state index contributed by atoms with van der Waals surface area (Å²) >= 11 is 0. The minimum atomic E-state index is -4.56. The van der Waals surface area contributed by atoms with Crippen molar-refractivity contribution in [3.8, 4) is 5.88 Å². The van der Waals surface area contributed by atoms with Crippen molar-refractivity contribution in [1.29, 1.82) is 5.41 Å². The number of nitrogens with one attached hydrogen (secondary N) is 4. The molecule has 1 aliphatic rings. The first-order valence-electron chi connectivity index (χ1n) is 12.6. The minimum absolute atomic E-state index is 0.0339. The summed E-state index contributed by atoms with van der Waals surface area (Å²) in [7, 11) is 0. The van der Waals surface area contributed by atoms with E-state index in [1.807, 2.05) is 0 Å². The minimum Gasteiger partial charge on any atom is -0.422 e. The van der Waals surface area contributed by atoms with Crippen LogP contribution in [-0.4, -0.2) is 40.0 Å². The van der Waals surface area contributed by atoms with Gasteiger partial charge in [-0.25, -0.2) is 14.0 Å². The second-order valence-electron chi connectivity index (χ2n) is 9.75. The average Bonchev–Trinajstić information content (AvgIpc) is 3.75. The lowest BCUT2D eigenvalue weighted by Crippen LogP contribution is -2.31. The fourth-order valence-electron chi connectivity index (χ4n) is 3.36. The van der Waals surface area contributed by atoms with Gasteiger partial charge in [-0.1, -0.05) is 0 Å². The van der Waals surface area contributed by atoms with Crippen LogP contribution in [0.4, 0.5) is 56.0 Å². The first kappa shape index (κ1) is 30.7. The molecule has 43 heavy (non-hydrogen) atoms. The van der Waals surface area contributed by atoms with Gasteiger partial charge in [-0.05, 0) is 69.2 Å². The number of halogens is 4. The molecule has 4 rings (SSSR count). The highest BCUT2D eigenvalue weighted by Crippen LogP contribution is 2.34. The van der Waals surface area contributed by atoms with E-state index in [4.69, 9.17) is 14.9 Å². The van der Waals surface area contributed by atoms with Crippen LogP contribution < -0.4 is 20.7 Å². The monoisotopic (exact) mass is 604 g/mol. The van der Waals surface area contributed by atoms with Crippen molar-refractivity contribution in [2.45, 2.75) is 38.5 Å². The molecule has 0 aliphatic heterocycles. The first-order chi connectivity index (χ1) is 20.2. The van der Waals surface area contributed by atoms with Crippen molar-refractivity contribution >= 4 is 53.3 Å². The fraction of sp³-hybridized carbons (Fsp3) is 0.259. The maximum Gasteiger partial charge on any atom is 0.525 e. The highest BCUT2D eigenvalue weighted by molar-refractivity contribution is 5.97. The summed E-state index contributed by atoms with van der Waals surface area (Å²) in [5, 5.41) is 15.3. The zero-order valence-electron chi connectivity index (χ0n) is 22.5. The SMILES string of the molecule is CC(C)(C=N)OC(=O)OC(=O)Oc1cc(Nc2ccc(C(F)(F)F)cc2)nc(Nc2cc(F)ccc2NC(=O)C2CC2)n1. The number of anilines is 5. The lowest BCUT2D eigenvalue weighted by molar-refractivity contribution is -0.137. The van der Waals surface area contributed by atoms with Gasteiger partial charge in [0.1, 0.15) is 17.2 Å². The molecule has 1 aromatic heterocycles. The number of ether oxygens (including phenoxy) is 3. The Labute approximate surface area is 241 Å². The molecule has 1 saturated carbocycles. The zero-order chi connectivity index (χ0) is 31.4. The predicted octanol–water partition coefficient (Wildman–Crippen LogP) is 6.55. The number of amides is 1. The van der Waals surface area contributed by atoms with Crippen LogP contribution in [0, 0.1) is 17.1 Å². The molecule has 0 saturated heterocycles. The van der Waals surface area contributed by atoms with Crippen LogP contribution in [0.25, 0.3) is 0 Å². The van der Waals surface area contributed by atoms with Crippen molar-refractivity contribution in [1.82, 2.24) is 9.97 Å². The molecule has 2 aromatic carbocycles. The second kappa shape index (κ2) is 12.3. The fourth-order valence-corrected chi connectivity index (χ4v) is 3.36. The molecule has 0 atom stereocenters. The Balaban J connectivity index is 1.60. The molecule has 226 valence electrons. The summed E-state index contributed by atoms with van der Waals surface area (Å²) in [5.74, 6) is -2.01. The smallest absolute Gasteiger partial charge is 0.422 e. The van der Waals surface area contributed by atoms with Gasteiger partial charge in [-0.15, -0.1) is 0 Å². The van der Waals surface area contributed by atoms with E-state index in [0.717, 1.165) is 61.5 Å². The lowest BCUT2D eigenvalue weighted by atomic mass is 10.2. The van der Waals surface area contributed by atoms with E-state index in [2.05, 4.69) is 30.7 Å². The normalized spacial score (nSPS) is 13.0. The van der Waals surface area contributed by atoms with Crippen molar-refractivity contribution in [2.75, 3.05) is 16.0 Å². The van der Waals surface area contributed by atoms with E-state index in [1.54, 1.807) is 0 Å². The van der Waals surface area contributed by atoms with Gasteiger partial charge in [0.15, 0.2) is 0 Å². The molecule has 1 fully saturated rings. The molecule has 16 heteroatoms. The van der Waals surface area contributed by atoms with E-state index in [-0.39, 0.29) is 40.7 Å². The second-order valence-corrected chi connectivity index (χ2v) is 9.75. The van der Waals surface area contributed by atoms with E-state index >= 15 is 0 Å². The molecule has 12 nitrogen and oxygen atoms in total. The van der Waals surface area contributed by atoms with E-state index in [9.17, 15) is 31.9 Å². The van der Waals surface area contributed by atoms with E-state index in [0.29, 0.717) is 0 Å². The van der Waals surface area contributed by atoms with Crippen LogP contribution in [0.2, 0.25) is 0 Å². The molecule has 1 heterocycles. The highest BCUT2D eigenvalue weighted by atomic mass is 19.4. The van der Waals surface area contributed by atoms with Gasteiger partial charge < -0.3 is 35.6 Å². The number of carbonyl (C=O) groups excluding carboxylic acids is 3. The summed E-state index contributed by atoms with van der Waals surface area (Å²) in [6.45, 7) is 2.73. The maximum absolute atomic E-state index is 14.1. The standard InChI is InChI=1S/C27H24F4N6O6/c1-26(2,13-32)43-25(40)42-24(39)41-21-12-20(33-17-8-5-15(6-9-17)27(29,30)31)36-23(37-21)35-19-11-16(28)7-10-18(19)34-22(38)14-3-4-14/h5-14,32H,3-4H2,1-2H3,(H,34,38)(H2,33,35,36,37). The number of hydrogen-bond acceptors (Lipinski definition) is 11. The number of alkyl halides is 3. The Bertz CT molecular complexity index is 1540. The van der Waals surface area contributed by atoms with Gasteiger partial charge in [0.2, 0.25) is 17.7 Å². The van der Waals surface area contributed by atoms with Crippen LogP contribution in [0.3, 0.4) is 0 Å². The number of rotatable bonds is 9. The average molecular weight is 605 g/mol. The Kier molecular flexibility index (Phi) is 8.77. The van der Waals surface area contributed by atoms with Crippen molar-refractivity contribution in [2.24, 2.45) is 5.92 Å². The van der Waals surface area contributed by atoms with Crippen LogP contribution in [-0.2, 0) is 20.4 Å². The Morgan fingerprint density at radius 3 is 2.28 bits per heavy atom. The zero-order valence-corrected chi connectivity index (χ0v) is 22.5. The van der Waals surface area contributed by atoms with Gasteiger partial charge >= 0.3 is 18.5 Å². The molecule has 0 radical (unpaired) electrons. The van der Waals surface area contributed by atoms with Crippen LogP contribution >= 0.6 is 0 Å². The molecular weight excluding hydrogens is 580 g/mol. The van der Waals surface area contributed by atoms with Gasteiger partial charge in [-0.3, -0.25) is 4.79 Å². The third-order valence-electron chi connectivity index (χ3n) is 5.67. The number of hydrogen-bond donors (Lipinski definition) is 4. The number of nitrogens with zero attached hydrogens (tertiary/aromatic N) is 2. The highest BCUT2D eigenvalue weighted by Gasteiger charge is 2.31. The van der Waals surface area contributed by atoms with Crippen LogP contribution in [0.5, 0.6) is 5.88 Å². The third kappa shape index (κ3) is 8.85. The number of aromatic nitrogens is 2. The molecular formula is C27H24F4N6O6. The predicted molar refractivity (Wildman–Crippen MR) is 144 cm³/mol. The molecule has 0 unspecified atom stereocenters. The summed E-state index contributed by atoms with van der Waals surface area (Å²) < 4.78 is 67.2. The number of carbonyl (C=O) groups is 3. The number of benzene rings is 2. The molecule has 0 spiro atoms. The van der Waals surface area contributed by atoms with Crippen LogP contribution in [0.1, 0.15) is 32.3 Å². The van der Waals surface area contributed by atoms with Gasteiger partial charge in [-0.2, -0.15) is 23.1 Å². The topological polar surface area (TPSA) is 165 Å². The molecule has 0 bridgehead atoms. The van der Waals surface area contributed by atoms with Crippen molar-refractivity contribution in [3.05, 3.63) is 59.9 Å². The Morgan fingerprint density at radius 2 is 1.65 bits per heavy atom. The molecule has 1 aliphatic carbocycles. The van der Waals surface area contributed by atoms with E-state index < -0.39 is 41.3 Å². The van der Waals surface area contributed by atoms with Gasteiger partial charge in [0, 0.05) is 23.9 Å². The third-order valence-corrected chi connectivity index (χ3v) is 5.67. The van der Waals surface area contributed by atoms with Crippen molar-refractivity contribution < 1.29 is 46.2 Å². The molecule has 1 amide bonds. The maximum atomic E-state index is 14.1. The molecule has 3 aromatic rings. The van der Waals surface area contributed by atoms with Gasteiger partial charge in [0.05, 0.1) is 16.9 Å². The Morgan fingerprint density at radius 1 is 0.953 bits per heavy atom. The summed E-state index contributed by atoms with van der Waals surface area (Å²) in [6, 6.07) is 8.49. The first-order valence-corrected chi connectivity index (χ1v) is 12.6. The summed E-state index contributed by atoms with van der Waals surface area (Å²) in [6.07, 6.45) is -5.35. The van der Waals surface area contributed by atoms with E-state index in [1.165, 1.54) is 19.9 Å². The summed E-state index contributed by atoms with van der Waals surface area (Å²) in [4.78, 5) is 44.6. The molecule has 4 N–H and O–H groups in total. The largest absolute Gasteiger partial charge is 0.525 e. The van der Waals surface area contributed by atoms with Crippen molar-refractivity contribution in [3.63, 3.8) is 0 Å². The van der Waals surface area contributed by atoms with Crippen LogP contribution in [0.15, 0.2) is 48.5 Å². The Hall–Kier alpha value is -5.28. The quantitative estimate of drug-likeness (QED) is 0.0911. The van der Waals surface area contributed by atoms with Gasteiger partial charge in [0.25, 0.3) is 0 Å².